The summed E-state index contributed by atoms with van der Waals surface area (Å²) in [6.07, 6.45) is 3.72. The van der Waals surface area contributed by atoms with E-state index in [-0.39, 0.29) is 0 Å². The molecule has 0 aliphatic carbocycles. The number of ether oxygens (including phenoxy) is 1. The van der Waals surface area contributed by atoms with Gasteiger partial charge in [-0.25, -0.2) is 9.48 Å². The number of halogens is 1. The van der Waals surface area contributed by atoms with Crippen LogP contribution in [-0.4, -0.2) is 71.4 Å². The highest BCUT2D eigenvalue weighted by Gasteiger charge is 2.27. The third kappa shape index (κ3) is 5.60. The predicted octanol–water partition coefficient (Wildman–Crippen LogP) is 3.74. The molecule has 5 rings (SSSR count). The number of urea groups is 1. The van der Waals surface area contributed by atoms with Crippen LogP contribution in [0.2, 0.25) is 5.02 Å². The first-order valence-electron chi connectivity index (χ1n) is 12.0. The molecule has 2 aromatic carbocycles. The number of benzene rings is 2. The van der Waals surface area contributed by atoms with Crippen LogP contribution in [0.15, 0.2) is 48.7 Å². The zero-order chi connectivity index (χ0) is 24.9. The summed E-state index contributed by atoms with van der Waals surface area (Å²) >= 11 is 5.92. The third-order valence-electron chi connectivity index (χ3n) is 6.57. The highest BCUT2D eigenvalue weighted by Crippen LogP contribution is 2.28. The molecule has 2 N–H and O–H groups in total. The molecule has 0 atom stereocenters. The fraction of sp³-hybridized carbons (Fsp3) is 0.360. The summed E-state index contributed by atoms with van der Waals surface area (Å²) in [6.45, 7) is 5.39. The maximum Gasteiger partial charge on any atom is 0.324 e. The molecule has 2 fully saturated rings. The van der Waals surface area contributed by atoms with Crippen molar-refractivity contribution in [2.75, 3.05) is 54.9 Å². The van der Waals surface area contributed by atoms with Crippen molar-refractivity contribution in [3.8, 4) is 11.8 Å². The van der Waals surface area contributed by atoms with Crippen LogP contribution in [0, 0.1) is 11.3 Å². The van der Waals surface area contributed by atoms with Crippen LogP contribution in [0.4, 0.5) is 22.0 Å². The standard InChI is InChI=1S/C25H27ClN8O2/c26-19-1-4-22(5-2-19)34-17-24(30-31-34)29-25(35)28-20-3-6-23(18(15-20)16-27)33-9-7-21(8-10-33)32-11-13-36-14-12-32/h1-6,15,17,21H,7-14H2,(H2,28,29,35). The average Bonchev–Trinajstić information content (AvgIpc) is 3.38. The molecule has 3 heterocycles. The molecule has 2 amide bonds. The Labute approximate surface area is 214 Å². The highest BCUT2D eigenvalue weighted by molar-refractivity contribution is 6.30. The van der Waals surface area contributed by atoms with Gasteiger partial charge in [-0.15, -0.1) is 5.10 Å². The number of carbonyl (C=O) groups is 1. The van der Waals surface area contributed by atoms with Crippen LogP contribution < -0.4 is 15.5 Å². The Kier molecular flexibility index (Phi) is 7.32. The molecule has 2 aliphatic rings. The van der Waals surface area contributed by atoms with Gasteiger partial charge in [0.15, 0.2) is 5.82 Å². The summed E-state index contributed by atoms with van der Waals surface area (Å²) in [4.78, 5) is 17.3. The molecular weight excluding hydrogens is 480 g/mol. The highest BCUT2D eigenvalue weighted by atomic mass is 35.5. The average molecular weight is 507 g/mol. The lowest BCUT2D eigenvalue weighted by Gasteiger charge is -2.41. The van der Waals surface area contributed by atoms with E-state index < -0.39 is 6.03 Å². The zero-order valence-corrected chi connectivity index (χ0v) is 20.5. The second-order valence-electron chi connectivity index (χ2n) is 8.81. The quantitative estimate of drug-likeness (QED) is 0.542. The number of carbonyl (C=O) groups excluding carboxylic acids is 1. The molecule has 2 aliphatic heterocycles. The molecule has 10 nitrogen and oxygen atoms in total. The first-order valence-corrected chi connectivity index (χ1v) is 12.3. The Hall–Kier alpha value is -3.65. The largest absolute Gasteiger partial charge is 0.379 e. The molecule has 36 heavy (non-hydrogen) atoms. The molecule has 1 aromatic heterocycles. The van der Waals surface area contributed by atoms with E-state index in [9.17, 15) is 10.1 Å². The number of anilines is 3. The van der Waals surface area contributed by atoms with Gasteiger partial charge in [0.1, 0.15) is 6.07 Å². The van der Waals surface area contributed by atoms with E-state index in [0.717, 1.165) is 63.6 Å². The molecule has 11 heteroatoms. The molecule has 0 spiro atoms. The van der Waals surface area contributed by atoms with Gasteiger partial charge in [0.05, 0.1) is 36.3 Å². The number of nitrogens with zero attached hydrogens (tertiary/aromatic N) is 6. The third-order valence-corrected chi connectivity index (χ3v) is 6.82. The molecule has 186 valence electrons. The van der Waals surface area contributed by atoms with E-state index in [1.54, 1.807) is 36.5 Å². The van der Waals surface area contributed by atoms with Gasteiger partial charge in [-0.1, -0.05) is 16.8 Å². The van der Waals surface area contributed by atoms with Crippen molar-refractivity contribution in [1.82, 2.24) is 19.9 Å². The Morgan fingerprint density at radius 3 is 2.53 bits per heavy atom. The van der Waals surface area contributed by atoms with E-state index >= 15 is 0 Å². The van der Waals surface area contributed by atoms with E-state index in [1.165, 1.54) is 4.68 Å². The van der Waals surface area contributed by atoms with Crippen molar-refractivity contribution in [2.24, 2.45) is 0 Å². The second-order valence-corrected chi connectivity index (χ2v) is 9.25. The minimum atomic E-state index is -0.471. The van der Waals surface area contributed by atoms with Crippen LogP contribution in [0.5, 0.6) is 0 Å². The van der Waals surface area contributed by atoms with Gasteiger partial charge in [0.25, 0.3) is 0 Å². The molecular formula is C25H27ClN8O2. The lowest BCUT2D eigenvalue weighted by atomic mass is 10.0. The normalized spacial score (nSPS) is 16.9. The van der Waals surface area contributed by atoms with E-state index in [4.69, 9.17) is 16.3 Å². The Morgan fingerprint density at radius 2 is 1.81 bits per heavy atom. The Balaban J connectivity index is 1.18. The Bertz CT molecular complexity index is 1240. The van der Waals surface area contributed by atoms with Crippen LogP contribution in [0.3, 0.4) is 0 Å². The molecule has 0 unspecified atom stereocenters. The van der Waals surface area contributed by atoms with Crippen molar-refractivity contribution in [1.29, 1.82) is 5.26 Å². The van der Waals surface area contributed by atoms with E-state index in [0.29, 0.717) is 28.1 Å². The van der Waals surface area contributed by atoms with Gasteiger partial charge in [0.2, 0.25) is 0 Å². The fourth-order valence-electron chi connectivity index (χ4n) is 4.71. The maximum absolute atomic E-state index is 12.5. The summed E-state index contributed by atoms with van der Waals surface area (Å²) in [7, 11) is 0. The summed E-state index contributed by atoms with van der Waals surface area (Å²) in [5.74, 6) is 0.294. The smallest absolute Gasteiger partial charge is 0.324 e. The number of aromatic nitrogens is 3. The fourth-order valence-corrected chi connectivity index (χ4v) is 4.84. The minimum absolute atomic E-state index is 0.294. The SMILES string of the molecule is N#Cc1cc(NC(=O)Nc2cn(-c3ccc(Cl)cc3)nn2)ccc1N1CCC(N2CCOCC2)CC1. The van der Waals surface area contributed by atoms with Gasteiger partial charge >= 0.3 is 6.03 Å². The van der Waals surface area contributed by atoms with Gasteiger partial charge in [-0.3, -0.25) is 10.2 Å². The van der Waals surface area contributed by atoms with Gasteiger partial charge in [-0.2, -0.15) is 5.26 Å². The van der Waals surface area contributed by atoms with Crippen molar-refractivity contribution >= 4 is 34.8 Å². The monoisotopic (exact) mass is 506 g/mol. The maximum atomic E-state index is 12.5. The first-order chi connectivity index (χ1) is 17.6. The molecule has 0 radical (unpaired) electrons. The predicted molar refractivity (Wildman–Crippen MR) is 138 cm³/mol. The summed E-state index contributed by atoms with van der Waals surface area (Å²) in [5, 5.41) is 23.8. The summed E-state index contributed by atoms with van der Waals surface area (Å²) in [6, 6.07) is 14.9. The van der Waals surface area contributed by atoms with Crippen LogP contribution in [0.1, 0.15) is 18.4 Å². The Morgan fingerprint density at radius 1 is 1.06 bits per heavy atom. The van der Waals surface area contributed by atoms with Crippen molar-refractivity contribution in [3.05, 3.63) is 59.2 Å². The van der Waals surface area contributed by atoms with Gasteiger partial charge < -0.3 is 15.0 Å². The number of rotatable bonds is 5. The lowest BCUT2D eigenvalue weighted by Crippen LogP contribution is -2.49. The van der Waals surface area contributed by atoms with Gasteiger partial charge in [0, 0.05) is 42.9 Å². The number of nitriles is 1. The number of nitrogens with one attached hydrogen (secondary N) is 2. The summed E-state index contributed by atoms with van der Waals surface area (Å²) < 4.78 is 7.01. The second kappa shape index (κ2) is 11.0. The van der Waals surface area contributed by atoms with Crippen LogP contribution >= 0.6 is 11.6 Å². The zero-order valence-electron chi connectivity index (χ0n) is 19.7. The number of morpholine rings is 1. The molecule has 2 saturated heterocycles. The number of piperidine rings is 1. The number of hydrogen-bond donors (Lipinski definition) is 2. The number of hydrogen-bond acceptors (Lipinski definition) is 7. The summed E-state index contributed by atoms with van der Waals surface area (Å²) in [5.41, 5.74) is 2.73. The van der Waals surface area contributed by atoms with Crippen molar-refractivity contribution in [2.45, 2.75) is 18.9 Å². The molecule has 0 saturated carbocycles. The lowest BCUT2D eigenvalue weighted by molar-refractivity contribution is 0.0115. The van der Waals surface area contributed by atoms with Crippen LogP contribution in [0.25, 0.3) is 5.69 Å². The van der Waals surface area contributed by atoms with E-state index in [1.807, 2.05) is 12.1 Å². The van der Waals surface area contributed by atoms with Gasteiger partial charge in [-0.05, 0) is 55.3 Å². The first kappa shape index (κ1) is 24.1. The van der Waals surface area contributed by atoms with Crippen molar-refractivity contribution in [3.63, 3.8) is 0 Å². The molecule has 0 bridgehead atoms. The number of amides is 2. The van der Waals surface area contributed by atoms with Crippen molar-refractivity contribution < 1.29 is 9.53 Å². The molecule has 3 aromatic rings. The topological polar surface area (TPSA) is 111 Å². The van der Waals surface area contributed by atoms with E-state index in [2.05, 4.69) is 36.8 Å². The minimum Gasteiger partial charge on any atom is -0.379 e. The van der Waals surface area contributed by atoms with Crippen LogP contribution in [-0.2, 0) is 4.74 Å².